The summed E-state index contributed by atoms with van der Waals surface area (Å²) in [6.07, 6.45) is 1.29. The molecule has 0 aliphatic carbocycles. The highest BCUT2D eigenvalue weighted by molar-refractivity contribution is 6.12. The van der Waals surface area contributed by atoms with Crippen LogP contribution in [-0.4, -0.2) is 46.9 Å². The van der Waals surface area contributed by atoms with Gasteiger partial charge in [-0.2, -0.15) is 0 Å². The number of anilines is 1. The Labute approximate surface area is 275 Å². The lowest BCUT2D eigenvalue weighted by molar-refractivity contribution is -0.138. The van der Waals surface area contributed by atoms with E-state index in [2.05, 4.69) is 5.32 Å². The van der Waals surface area contributed by atoms with Gasteiger partial charge in [0.1, 0.15) is 18.4 Å². The van der Waals surface area contributed by atoms with Crippen molar-refractivity contribution in [2.45, 2.75) is 31.8 Å². The molecule has 47 heavy (non-hydrogen) atoms. The summed E-state index contributed by atoms with van der Waals surface area (Å²) in [5, 5.41) is 13.1. The first kappa shape index (κ1) is 32.7. The second kappa shape index (κ2) is 16.6. The fraction of sp³-hybridized carbons (Fsp3) is 0.175. The number of aliphatic carboxylic acids is 1. The quantitative estimate of drug-likeness (QED) is 0.114. The predicted molar refractivity (Wildman–Crippen MR) is 184 cm³/mol. The highest BCUT2D eigenvalue weighted by Crippen LogP contribution is 2.22. The number of benzene rings is 5. The van der Waals surface area contributed by atoms with Crippen molar-refractivity contribution < 1.29 is 24.2 Å². The Morgan fingerprint density at radius 2 is 1.28 bits per heavy atom. The third-order valence-corrected chi connectivity index (χ3v) is 7.87. The van der Waals surface area contributed by atoms with E-state index >= 15 is 0 Å². The molecule has 5 rings (SSSR count). The van der Waals surface area contributed by atoms with Gasteiger partial charge in [0.15, 0.2) is 5.78 Å². The number of carbonyl (C=O) groups excluding carboxylic acids is 2. The monoisotopic (exact) mass is 626 g/mol. The molecule has 5 aromatic carbocycles. The van der Waals surface area contributed by atoms with Crippen LogP contribution in [0.15, 0.2) is 140 Å². The van der Waals surface area contributed by atoms with Crippen LogP contribution in [0.5, 0.6) is 5.75 Å². The summed E-state index contributed by atoms with van der Waals surface area (Å²) in [6.45, 7) is 1.24. The van der Waals surface area contributed by atoms with Crippen molar-refractivity contribution in [2.24, 2.45) is 0 Å². The van der Waals surface area contributed by atoms with Gasteiger partial charge < -0.3 is 20.1 Å². The molecule has 1 unspecified atom stereocenters. The lowest BCUT2D eigenvalue weighted by Crippen LogP contribution is -2.34. The maximum absolute atomic E-state index is 13.2. The third kappa shape index (κ3) is 9.65. The number of hydrogen-bond acceptors (Lipinski definition) is 5. The number of nitrogens with one attached hydrogen (secondary N) is 1. The van der Waals surface area contributed by atoms with Crippen molar-refractivity contribution >= 4 is 23.3 Å². The number of ether oxygens (including phenoxy) is 1. The zero-order valence-electron chi connectivity index (χ0n) is 26.1. The summed E-state index contributed by atoms with van der Waals surface area (Å²) in [5.41, 5.74) is 4.39. The predicted octanol–water partition coefficient (Wildman–Crippen LogP) is 7.07. The van der Waals surface area contributed by atoms with Crippen molar-refractivity contribution in [1.82, 2.24) is 4.90 Å². The molecule has 0 saturated carbocycles. The molecular weight excluding hydrogens is 588 g/mol. The maximum atomic E-state index is 13.2. The summed E-state index contributed by atoms with van der Waals surface area (Å²) >= 11 is 0. The van der Waals surface area contributed by atoms with Crippen molar-refractivity contribution in [2.75, 3.05) is 18.5 Å². The number of amides is 1. The fourth-order valence-corrected chi connectivity index (χ4v) is 5.32. The molecule has 0 bridgehead atoms. The van der Waals surface area contributed by atoms with Crippen LogP contribution in [0, 0.1) is 0 Å². The van der Waals surface area contributed by atoms with E-state index in [9.17, 15) is 19.5 Å². The zero-order valence-corrected chi connectivity index (χ0v) is 26.1. The standard InChI is InChI=1S/C40H38N2O5/c43-38(25-22-30-12-4-1-5-13-30)42(29-32-14-6-2-7-15-32)26-27-47-34-23-20-31(21-24-34)28-37(40(45)46)41-36-19-11-10-18-35(36)39(44)33-16-8-3-9-17-33/h1-21,23-24,37,41H,22,25-29H2,(H,45,46). The number of hydrogen-bond donors (Lipinski definition) is 2. The van der Waals surface area contributed by atoms with Crippen molar-refractivity contribution in [1.29, 1.82) is 0 Å². The average molecular weight is 627 g/mol. The van der Waals surface area contributed by atoms with E-state index in [1.807, 2.05) is 83.8 Å². The third-order valence-electron chi connectivity index (χ3n) is 7.87. The van der Waals surface area contributed by atoms with Crippen LogP contribution in [-0.2, 0) is 29.0 Å². The molecule has 0 heterocycles. The average Bonchev–Trinajstić information content (AvgIpc) is 3.11. The molecule has 1 atom stereocenters. The molecule has 0 fully saturated rings. The molecule has 0 radical (unpaired) electrons. The van der Waals surface area contributed by atoms with E-state index in [0.717, 1.165) is 16.7 Å². The number of carboxylic acids is 1. The van der Waals surface area contributed by atoms with E-state index in [1.165, 1.54) is 0 Å². The fourth-order valence-electron chi connectivity index (χ4n) is 5.32. The first-order chi connectivity index (χ1) is 23.0. The van der Waals surface area contributed by atoms with Crippen molar-refractivity contribution in [3.63, 3.8) is 0 Å². The number of carboxylic acid groups (broad SMARTS) is 1. The number of carbonyl (C=O) groups is 3. The van der Waals surface area contributed by atoms with Crippen molar-refractivity contribution in [3.05, 3.63) is 167 Å². The molecule has 7 nitrogen and oxygen atoms in total. The maximum Gasteiger partial charge on any atom is 0.326 e. The Bertz CT molecular complexity index is 1740. The number of rotatable bonds is 16. The van der Waals surface area contributed by atoms with Gasteiger partial charge in [-0.3, -0.25) is 9.59 Å². The minimum absolute atomic E-state index is 0.0657. The van der Waals surface area contributed by atoms with Crippen LogP contribution in [0.25, 0.3) is 0 Å². The molecule has 0 spiro atoms. The Morgan fingerprint density at radius 1 is 0.681 bits per heavy atom. The molecule has 7 heteroatoms. The van der Waals surface area contributed by atoms with Crippen LogP contribution in [0.4, 0.5) is 5.69 Å². The Balaban J connectivity index is 1.18. The molecule has 238 valence electrons. The van der Waals surface area contributed by atoms with Gasteiger partial charge in [0, 0.05) is 36.2 Å². The van der Waals surface area contributed by atoms with Crippen molar-refractivity contribution in [3.8, 4) is 5.75 Å². The van der Waals surface area contributed by atoms with Gasteiger partial charge in [-0.25, -0.2) is 4.79 Å². The van der Waals surface area contributed by atoms with Gasteiger partial charge in [0.25, 0.3) is 0 Å². The first-order valence-electron chi connectivity index (χ1n) is 15.7. The molecule has 0 aliphatic heterocycles. The van der Waals surface area contributed by atoms with Crippen LogP contribution in [0.1, 0.15) is 39.0 Å². The number of para-hydroxylation sites is 1. The second-order valence-electron chi connectivity index (χ2n) is 11.3. The minimum atomic E-state index is -1.03. The summed E-state index contributed by atoms with van der Waals surface area (Å²) in [6, 6.07) is 42.1. The van der Waals surface area contributed by atoms with E-state index in [-0.39, 0.29) is 18.1 Å². The summed E-state index contributed by atoms with van der Waals surface area (Å²) in [5.74, 6) is -0.512. The number of aryl methyl sites for hydroxylation is 1. The molecular formula is C40H38N2O5. The topological polar surface area (TPSA) is 95.9 Å². The largest absolute Gasteiger partial charge is 0.492 e. The SMILES string of the molecule is O=C(c1ccccc1)c1ccccc1NC(Cc1ccc(OCCN(Cc2ccccc2)C(=O)CCc2ccccc2)cc1)C(=O)O. The Kier molecular flexibility index (Phi) is 11.5. The first-order valence-corrected chi connectivity index (χ1v) is 15.7. The Morgan fingerprint density at radius 3 is 1.94 bits per heavy atom. The van der Waals surface area contributed by atoms with E-state index in [4.69, 9.17) is 4.74 Å². The second-order valence-corrected chi connectivity index (χ2v) is 11.3. The molecule has 2 N–H and O–H groups in total. The molecule has 1 amide bonds. The molecule has 5 aromatic rings. The van der Waals surface area contributed by atoms with E-state index in [1.54, 1.807) is 60.7 Å². The minimum Gasteiger partial charge on any atom is -0.492 e. The highest BCUT2D eigenvalue weighted by atomic mass is 16.5. The van der Waals surface area contributed by atoms with Crippen LogP contribution in [0.2, 0.25) is 0 Å². The highest BCUT2D eigenvalue weighted by Gasteiger charge is 2.21. The van der Waals surface area contributed by atoms with Gasteiger partial charge in [-0.1, -0.05) is 115 Å². The van der Waals surface area contributed by atoms with Gasteiger partial charge in [0.2, 0.25) is 5.91 Å². The lowest BCUT2D eigenvalue weighted by Gasteiger charge is -2.23. The van der Waals surface area contributed by atoms with E-state index in [0.29, 0.717) is 55.1 Å². The normalized spacial score (nSPS) is 11.3. The zero-order chi connectivity index (χ0) is 32.8. The van der Waals surface area contributed by atoms with Gasteiger partial charge >= 0.3 is 5.97 Å². The van der Waals surface area contributed by atoms with Crippen LogP contribution in [0.3, 0.4) is 0 Å². The molecule has 0 saturated heterocycles. The number of ketones is 1. The molecule has 0 aromatic heterocycles. The summed E-state index contributed by atoms with van der Waals surface area (Å²) < 4.78 is 6.01. The smallest absolute Gasteiger partial charge is 0.326 e. The lowest BCUT2D eigenvalue weighted by atomic mass is 10.00. The molecule has 0 aliphatic rings. The van der Waals surface area contributed by atoms with Gasteiger partial charge in [-0.05, 0) is 47.4 Å². The van der Waals surface area contributed by atoms with Crippen LogP contribution < -0.4 is 10.1 Å². The van der Waals surface area contributed by atoms with Gasteiger partial charge in [-0.15, -0.1) is 0 Å². The number of nitrogens with zero attached hydrogens (tertiary/aromatic N) is 1. The Hall–Kier alpha value is -5.69. The summed E-state index contributed by atoms with van der Waals surface area (Å²) in [7, 11) is 0. The van der Waals surface area contributed by atoms with E-state index < -0.39 is 12.0 Å². The van der Waals surface area contributed by atoms with Gasteiger partial charge in [0.05, 0.1) is 6.54 Å². The van der Waals surface area contributed by atoms with Crippen LogP contribution >= 0.6 is 0 Å². The summed E-state index contributed by atoms with van der Waals surface area (Å²) in [4.78, 5) is 40.4.